The molecule has 0 spiro atoms. The third-order valence-electron chi connectivity index (χ3n) is 3.74. The van der Waals surface area contributed by atoms with Crippen molar-refractivity contribution in [3.63, 3.8) is 0 Å². The highest BCUT2D eigenvalue weighted by atomic mass is 16.5. The van der Waals surface area contributed by atoms with Crippen LogP contribution in [0.25, 0.3) is 0 Å². The Kier molecular flexibility index (Phi) is 5.43. The number of aryl methyl sites for hydroxylation is 1. The molecule has 0 saturated carbocycles. The summed E-state index contributed by atoms with van der Waals surface area (Å²) in [7, 11) is 0. The first kappa shape index (κ1) is 17.8. The number of hydrogen-bond donors (Lipinski definition) is 2. The zero-order chi connectivity index (χ0) is 17.9. The first-order valence-electron chi connectivity index (χ1n) is 7.86. The average Bonchev–Trinajstić information content (AvgIpc) is 2.49. The Hall–Kier alpha value is -2.57. The molecule has 0 aromatic heterocycles. The molecule has 0 saturated heterocycles. The summed E-state index contributed by atoms with van der Waals surface area (Å²) in [6.45, 7) is 5.52. The Balaban J connectivity index is 2.19. The van der Waals surface area contributed by atoms with Gasteiger partial charge in [-0.15, -0.1) is 0 Å². The molecule has 1 aromatic carbocycles. The van der Waals surface area contributed by atoms with Crippen molar-refractivity contribution in [2.45, 2.75) is 33.3 Å². The summed E-state index contributed by atoms with van der Waals surface area (Å²) < 4.78 is 5.78. The molecule has 1 aliphatic rings. The van der Waals surface area contributed by atoms with Crippen LogP contribution in [-0.2, 0) is 14.4 Å². The van der Waals surface area contributed by atoms with Gasteiger partial charge in [-0.1, -0.05) is 19.9 Å². The van der Waals surface area contributed by atoms with Crippen molar-refractivity contribution in [1.29, 1.82) is 0 Å². The van der Waals surface area contributed by atoms with Crippen LogP contribution >= 0.6 is 0 Å². The van der Waals surface area contributed by atoms with Crippen LogP contribution in [0.5, 0.6) is 5.75 Å². The highest BCUT2D eigenvalue weighted by Crippen LogP contribution is 2.36. The predicted octanol–water partition coefficient (Wildman–Crippen LogP) is 1.34. The third kappa shape index (κ3) is 4.04. The number of anilines is 1. The Morgan fingerprint density at radius 3 is 2.71 bits per heavy atom. The van der Waals surface area contributed by atoms with Gasteiger partial charge >= 0.3 is 5.97 Å². The highest BCUT2D eigenvalue weighted by Gasteiger charge is 2.37. The number of carbonyl (C=O) groups is 3. The molecular formula is C17H22N2O5. The SMILES string of the molecule is Cc1ccc2c(c1)N(CC(=O)NCCC(=O)O)C(=O)C(C(C)C)O2. The number of carbonyl (C=O) groups excluding carboxylic acids is 2. The van der Waals surface area contributed by atoms with Gasteiger partial charge in [0.1, 0.15) is 12.3 Å². The maximum Gasteiger partial charge on any atom is 0.305 e. The lowest BCUT2D eigenvalue weighted by Crippen LogP contribution is -2.51. The highest BCUT2D eigenvalue weighted by molar-refractivity contribution is 6.04. The zero-order valence-corrected chi connectivity index (χ0v) is 14.0. The first-order chi connectivity index (χ1) is 11.3. The number of aliphatic carboxylic acids is 1. The smallest absolute Gasteiger partial charge is 0.305 e. The number of benzene rings is 1. The zero-order valence-electron chi connectivity index (χ0n) is 14.0. The van der Waals surface area contributed by atoms with Crippen LogP contribution < -0.4 is 15.0 Å². The number of rotatable bonds is 6. The van der Waals surface area contributed by atoms with Crippen molar-refractivity contribution in [3.8, 4) is 5.75 Å². The molecule has 24 heavy (non-hydrogen) atoms. The summed E-state index contributed by atoms with van der Waals surface area (Å²) in [6.07, 6.45) is -0.806. The van der Waals surface area contributed by atoms with E-state index in [4.69, 9.17) is 9.84 Å². The van der Waals surface area contributed by atoms with Crippen LogP contribution in [0.1, 0.15) is 25.8 Å². The van der Waals surface area contributed by atoms with Gasteiger partial charge in [0, 0.05) is 6.54 Å². The number of carboxylic acid groups (broad SMARTS) is 1. The Labute approximate surface area is 140 Å². The van der Waals surface area contributed by atoms with Gasteiger partial charge in [0.2, 0.25) is 5.91 Å². The third-order valence-corrected chi connectivity index (χ3v) is 3.74. The van der Waals surface area contributed by atoms with Crippen LogP contribution in [0, 0.1) is 12.8 Å². The van der Waals surface area contributed by atoms with Crippen LogP contribution in [0.3, 0.4) is 0 Å². The van der Waals surface area contributed by atoms with Gasteiger partial charge in [-0.05, 0) is 30.5 Å². The van der Waals surface area contributed by atoms with Crippen LogP contribution in [0.2, 0.25) is 0 Å². The lowest BCUT2D eigenvalue weighted by atomic mass is 10.0. The average molecular weight is 334 g/mol. The van der Waals surface area contributed by atoms with Gasteiger partial charge < -0.3 is 15.2 Å². The van der Waals surface area contributed by atoms with Crippen molar-refractivity contribution >= 4 is 23.5 Å². The summed E-state index contributed by atoms with van der Waals surface area (Å²) in [5.74, 6) is -1.13. The van der Waals surface area contributed by atoms with Crippen molar-refractivity contribution in [2.24, 2.45) is 5.92 Å². The van der Waals surface area contributed by atoms with E-state index in [2.05, 4.69) is 5.32 Å². The number of ether oxygens (including phenoxy) is 1. The van der Waals surface area contributed by atoms with E-state index in [1.54, 1.807) is 12.1 Å². The number of amides is 2. The molecular weight excluding hydrogens is 312 g/mol. The number of nitrogens with zero attached hydrogens (tertiary/aromatic N) is 1. The van der Waals surface area contributed by atoms with E-state index < -0.39 is 18.0 Å². The molecule has 1 aromatic rings. The van der Waals surface area contributed by atoms with E-state index >= 15 is 0 Å². The molecule has 2 amide bonds. The summed E-state index contributed by atoms with van der Waals surface area (Å²) in [4.78, 5) is 36.7. The number of nitrogens with one attached hydrogen (secondary N) is 1. The predicted molar refractivity (Wildman–Crippen MR) is 88.0 cm³/mol. The molecule has 2 rings (SSSR count). The maximum absolute atomic E-state index is 12.7. The molecule has 0 aliphatic carbocycles. The van der Waals surface area contributed by atoms with E-state index in [0.717, 1.165) is 5.56 Å². The van der Waals surface area contributed by atoms with E-state index in [0.29, 0.717) is 11.4 Å². The van der Waals surface area contributed by atoms with Gasteiger partial charge in [-0.25, -0.2) is 0 Å². The molecule has 0 fully saturated rings. The largest absolute Gasteiger partial charge is 0.481 e. The molecule has 7 nitrogen and oxygen atoms in total. The van der Waals surface area contributed by atoms with E-state index in [1.807, 2.05) is 26.8 Å². The number of hydrogen-bond acceptors (Lipinski definition) is 4. The Morgan fingerprint density at radius 1 is 1.38 bits per heavy atom. The minimum absolute atomic E-state index is 0.0288. The number of fused-ring (bicyclic) bond motifs is 1. The Bertz CT molecular complexity index is 656. The van der Waals surface area contributed by atoms with Gasteiger partial charge in [0.05, 0.1) is 12.1 Å². The maximum atomic E-state index is 12.7. The molecule has 7 heteroatoms. The van der Waals surface area contributed by atoms with Crippen molar-refractivity contribution < 1.29 is 24.2 Å². The monoisotopic (exact) mass is 334 g/mol. The van der Waals surface area contributed by atoms with Gasteiger partial charge in [0.25, 0.3) is 5.91 Å². The van der Waals surface area contributed by atoms with Crippen molar-refractivity contribution in [1.82, 2.24) is 5.32 Å². The lowest BCUT2D eigenvalue weighted by molar-refractivity contribution is -0.137. The molecule has 0 bridgehead atoms. The van der Waals surface area contributed by atoms with Crippen LogP contribution in [0.15, 0.2) is 18.2 Å². The summed E-state index contributed by atoms with van der Waals surface area (Å²) in [6, 6.07) is 5.48. The van der Waals surface area contributed by atoms with Gasteiger partial charge in [-0.2, -0.15) is 0 Å². The fourth-order valence-electron chi connectivity index (χ4n) is 2.49. The summed E-state index contributed by atoms with van der Waals surface area (Å²) in [5, 5.41) is 11.1. The Morgan fingerprint density at radius 2 is 2.08 bits per heavy atom. The summed E-state index contributed by atoms with van der Waals surface area (Å²) in [5.41, 5.74) is 1.51. The fourth-order valence-corrected chi connectivity index (χ4v) is 2.49. The molecule has 1 aliphatic heterocycles. The van der Waals surface area contributed by atoms with Crippen molar-refractivity contribution in [3.05, 3.63) is 23.8 Å². The normalized spacial score (nSPS) is 16.6. The molecule has 1 heterocycles. The second-order valence-electron chi connectivity index (χ2n) is 6.17. The minimum Gasteiger partial charge on any atom is -0.481 e. The standard InChI is InChI=1S/C17H22N2O5/c1-10(2)16-17(23)19(9-14(20)18-7-6-15(21)22)12-8-11(3)4-5-13(12)24-16/h4-5,8,10,16H,6-7,9H2,1-3H3,(H,18,20)(H,21,22). The van der Waals surface area contributed by atoms with Crippen LogP contribution in [-0.4, -0.2) is 42.1 Å². The van der Waals surface area contributed by atoms with Gasteiger partial charge in [0.15, 0.2) is 6.10 Å². The molecule has 2 N–H and O–H groups in total. The second-order valence-corrected chi connectivity index (χ2v) is 6.17. The molecule has 0 radical (unpaired) electrons. The summed E-state index contributed by atoms with van der Waals surface area (Å²) >= 11 is 0. The molecule has 1 atom stereocenters. The first-order valence-corrected chi connectivity index (χ1v) is 7.86. The molecule has 130 valence electrons. The fraction of sp³-hybridized carbons (Fsp3) is 0.471. The second kappa shape index (κ2) is 7.33. The van der Waals surface area contributed by atoms with E-state index in [9.17, 15) is 14.4 Å². The van der Waals surface area contributed by atoms with Crippen LogP contribution in [0.4, 0.5) is 5.69 Å². The topological polar surface area (TPSA) is 95.9 Å². The van der Waals surface area contributed by atoms with E-state index in [1.165, 1.54) is 4.90 Å². The van der Waals surface area contributed by atoms with E-state index in [-0.39, 0.29) is 31.3 Å². The van der Waals surface area contributed by atoms with Gasteiger partial charge in [-0.3, -0.25) is 19.3 Å². The number of carboxylic acids is 1. The lowest BCUT2D eigenvalue weighted by Gasteiger charge is -2.35. The molecule has 1 unspecified atom stereocenters. The quantitative estimate of drug-likeness (QED) is 0.818. The van der Waals surface area contributed by atoms with Crippen molar-refractivity contribution in [2.75, 3.05) is 18.0 Å². The minimum atomic E-state index is -0.987.